The number of nitrogen functional groups attached to an aromatic ring is 1. The Morgan fingerprint density at radius 3 is 2.57 bits per heavy atom. The van der Waals surface area contributed by atoms with Crippen LogP contribution in [0.1, 0.15) is 38.5 Å². The number of nitrogens with two attached hydrogens (primary N) is 1. The third-order valence-electron chi connectivity index (χ3n) is 6.74. The van der Waals surface area contributed by atoms with Crippen molar-refractivity contribution in [3.63, 3.8) is 0 Å². The molecule has 28 heavy (non-hydrogen) atoms. The molecule has 8 heteroatoms. The van der Waals surface area contributed by atoms with Gasteiger partial charge < -0.3 is 11.2 Å². The number of amides is 1. The molecule has 0 aliphatic heterocycles. The molecule has 2 aromatic heterocycles. The van der Waals surface area contributed by atoms with E-state index in [4.69, 9.17) is 5.84 Å². The topological polar surface area (TPSA) is 98.7 Å². The van der Waals surface area contributed by atoms with Gasteiger partial charge in [-0.1, -0.05) is 11.8 Å². The summed E-state index contributed by atoms with van der Waals surface area (Å²) in [6.07, 6.45) is 11.6. The number of hydrogen-bond donors (Lipinski definition) is 2. The molecule has 0 atom stereocenters. The normalized spacial score (nSPS) is 30.5. The van der Waals surface area contributed by atoms with Crippen LogP contribution in [0.4, 0.5) is 0 Å². The van der Waals surface area contributed by atoms with Crippen molar-refractivity contribution in [3.05, 3.63) is 24.5 Å². The molecular weight excluding hydrogens is 372 g/mol. The van der Waals surface area contributed by atoms with Crippen molar-refractivity contribution in [2.45, 2.75) is 43.7 Å². The first-order chi connectivity index (χ1) is 13.6. The van der Waals surface area contributed by atoms with Gasteiger partial charge in [0.05, 0.1) is 5.75 Å². The molecule has 0 spiro atoms. The van der Waals surface area contributed by atoms with Crippen LogP contribution in [0.25, 0.3) is 11.4 Å². The number of carbonyl (C=O) groups excluding carboxylic acids is 1. The predicted octanol–water partition coefficient (Wildman–Crippen LogP) is 2.48. The third kappa shape index (κ3) is 3.38. The minimum Gasteiger partial charge on any atom is -0.355 e. The Bertz CT molecular complexity index is 832. The van der Waals surface area contributed by atoms with E-state index in [-0.39, 0.29) is 5.91 Å². The van der Waals surface area contributed by atoms with Gasteiger partial charge in [0.25, 0.3) is 0 Å². The SMILES string of the molecule is Nn1c(SCC(=O)NCC23CC4CC(CC(C4)C2)C3)nnc1-c1cccnc1. The summed E-state index contributed by atoms with van der Waals surface area (Å²) >= 11 is 1.32. The molecule has 0 radical (unpaired) electrons. The van der Waals surface area contributed by atoms with Gasteiger partial charge in [-0.25, -0.2) is 4.68 Å². The zero-order valence-corrected chi connectivity index (χ0v) is 16.7. The Balaban J connectivity index is 1.16. The van der Waals surface area contributed by atoms with Crippen LogP contribution in [0.3, 0.4) is 0 Å². The summed E-state index contributed by atoms with van der Waals surface area (Å²) in [7, 11) is 0. The number of nitrogens with one attached hydrogen (secondary N) is 1. The zero-order valence-electron chi connectivity index (χ0n) is 15.9. The van der Waals surface area contributed by atoms with Gasteiger partial charge in [0.1, 0.15) is 0 Å². The van der Waals surface area contributed by atoms with Gasteiger partial charge in [-0.05, 0) is 73.8 Å². The number of thioether (sulfide) groups is 1. The summed E-state index contributed by atoms with van der Waals surface area (Å²) < 4.78 is 1.42. The molecule has 148 valence electrons. The summed E-state index contributed by atoms with van der Waals surface area (Å²) in [6, 6.07) is 3.71. The van der Waals surface area contributed by atoms with Gasteiger partial charge in [0.15, 0.2) is 5.82 Å². The Labute approximate surface area is 168 Å². The molecule has 6 rings (SSSR count). The van der Waals surface area contributed by atoms with E-state index in [0.29, 0.717) is 22.1 Å². The van der Waals surface area contributed by atoms with E-state index < -0.39 is 0 Å². The first kappa shape index (κ1) is 18.0. The Morgan fingerprint density at radius 2 is 1.93 bits per heavy atom. The highest BCUT2D eigenvalue weighted by molar-refractivity contribution is 7.99. The van der Waals surface area contributed by atoms with Gasteiger partial charge >= 0.3 is 0 Å². The van der Waals surface area contributed by atoms with Gasteiger partial charge in [0, 0.05) is 24.5 Å². The van der Waals surface area contributed by atoms with Crippen molar-refractivity contribution < 1.29 is 4.79 Å². The lowest BCUT2D eigenvalue weighted by atomic mass is 9.49. The fraction of sp³-hybridized carbons (Fsp3) is 0.600. The molecular formula is C20H26N6OS. The molecule has 2 heterocycles. The second-order valence-corrected chi connectivity index (χ2v) is 9.84. The summed E-state index contributed by atoms with van der Waals surface area (Å²) in [5, 5.41) is 12.0. The molecule has 0 saturated heterocycles. The number of rotatable bonds is 6. The first-order valence-electron chi connectivity index (χ1n) is 10.1. The molecule has 4 fully saturated rings. The molecule has 4 saturated carbocycles. The summed E-state index contributed by atoms with van der Waals surface area (Å²) in [6.45, 7) is 0.826. The number of hydrogen-bond acceptors (Lipinski definition) is 6. The van der Waals surface area contributed by atoms with Crippen LogP contribution in [-0.2, 0) is 4.79 Å². The smallest absolute Gasteiger partial charge is 0.230 e. The largest absolute Gasteiger partial charge is 0.355 e. The van der Waals surface area contributed by atoms with Gasteiger partial charge in [-0.15, -0.1) is 10.2 Å². The molecule has 0 unspecified atom stereocenters. The van der Waals surface area contributed by atoms with Crippen LogP contribution in [0.15, 0.2) is 29.7 Å². The van der Waals surface area contributed by atoms with Crippen molar-refractivity contribution in [2.24, 2.45) is 23.2 Å². The van der Waals surface area contributed by atoms with Crippen LogP contribution < -0.4 is 11.2 Å². The van der Waals surface area contributed by atoms with E-state index in [9.17, 15) is 4.79 Å². The number of aromatic nitrogens is 4. The van der Waals surface area contributed by atoms with Crippen LogP contribution in [-0.4, -0.2) is 38.1 Å². The average molecular weight is 399 g/mol. The number of nitrogens with zero attached hydrogens (tertiary/aromatic N) is 4. The maximum absolute atomic E-state index is 12.5. The highest BCUT2D eigenvalue weighted by Gasteiger charge is 2.50. The summed E-state index contributed by atoms with van der Waals surface area (Å²) in [4.78, 5) is 16.5. The van der Waals surface area contributed by atoms with E-state index in [1.807, 2.05) is 12.1 Å². The molecule has 7 nitrogen and oxygen atoms in total. The molecule has 3 N–H and O–H groups in total. The van der Waals surface area contributed by atoms with Crippen molar-refractivity contribution >= 4 is 17.7 Å². The van der Waals surface area contributed by atoms with E-state index in [1.165, 1.54) is 55.0 Å². The van der Waals surface area contributed by atoms with Crippen LogP contribution >= 0.6 is 11.8 Å². The maximum atomic E-state index is 12.5. The lowest BCUT2D eigenvalue weighted by molar-refractivity contribution is -0.120. The van der Waals surface area contributed by atoms with E-state index in [1.54, 1.807) is 12.4 Å². The standard InChI is InChI=1S/C20H26N6OS/c21-26-18(16-2-1-3-22-10-16)24-25-19(26)28-11-17(27)23-12-20-7-13-4-14(8-20)6-15(5-13)9-20/h1-3,10,13-15H,4-9,11-12,21H2,(H,23,27). The fourth-order valence-electron chi connectivity index (χ4n) is 6.04. The number of pyridine rings is 1. The van der Waals surface area contributed by atoms with E-state index in [2.05, 4.69) is 20.5 Å². The predicted molar refractivity (Wildman–Crippen MR) is 108 cm³/mol. The van der Waals surface area contributed by atoms with Crippen LogP contribution in [0.2, 0.25) is 0 Å². The van der Waals surface area contributed by atoms with Gasteiger partial charge in [0.2, 0.25) is 11.1 Å². The van der Waals surface area contributed by atoms with Crippen molar-refractivity contribution in [1.29, 1.82) is 0 Å². The second kappa shape index (κ2) is 7.06. The molecule has 4 aliphatic rings. The highest BCUT2D eigenvalue weighted by atomic mass is 32.2. The average Bonchev–Trinajstić information content (AvgIpc) is 3.05. The van der Waals surface area contributed by atoms with Crippen molar-refractivity contribution in [2.75, 3.05) is 18.1 Å². The summed E-state index contributed by atoms with van der Waals surface area (Å²) in [5.74, 6) is 9.71. The Kier molecular flexibility index (Phi) is 4.53. The first-order valence-corrected chi connectivity index (χ1v) is 11.1. The summed E-state index contributed by atoms with van der Waals surface area (Å²) in [5.41, 5.74) is 1.16. The molecule has 1 amide bonds. The molecule has 4 bridgehead atoms. The Hall–Kier alpha value is -2.09. The van der Waals surface area contributed by atoms with Crippen LogP contribution in [0.5, 0.6) is 0 Å². The fourth-order valence-corrected chi connectivity index (χ4v) is 6.73. The zero-order chi connectivity index (χ0) is 19.1. The second-order valence-electron chi connectivity index (χ2n) is 8.90. The highest BCUT2D eigenvalue weighted by Crippen LogP contribution is 2.59. The van der Waals surface area contributed by atoms with E-state index >= 15 is 0 Å². The maximum Gasteiger partial charge on any atom is 0.230 e. The molecule has 0 aromatic carbocycles. The number of carbonyl (C=O) groups is 1. The minimum absolute atomic E-state index is 0.0478. The molecule has 2 aromatic rings. The van der Waals surface area contributed by atoms with Crippen LogP contribution in [0, 0.1) is 23.2 Å². The quantitative estimate of drug-likeness (QED) is 0.573. The van der Waals surface area contributed by atoms with Gasteiger partial charge in [-0.3, -0.25) is 9.78 Å². The van der Waals surface area contributed by atoms with E-state index in [0.717, 1.165) is 29.9 Å². The lowest BCUT2D eigenvalue weighted by Crippen LogP contribution is -2.51. The third-order valence-corrected chi connectivity index (χ3v) is 7.69. The van der Waals surface area contributed by atoms with Crippen molar-refractivity contribution in [3.8, 4) is 11.4 Å². The minimum atomic E-state index is 0.0478. The Morgan fingerprint density at radius 1 is 1.21 bits per heavy atom. The monoisotopic (exact) mass is 398 g/mol. The molecule has 4 aliphatic carbocycles. The lowest BCUT2D eigenvalue weighted by Gasteiger charge is -2.56. The van der Waals surface area contributed by atoms with Crippen molar-refractivity contribution in [1.82, 2.24) is 25.2 Å². The van der Waals surface area contributed by atoms with Gasteiger partial charge in [-0.2, -0.15) is 0 Å².